The summed E-state index contributed by atoms with van der Waals surface area (Å²) in [6.45, 7) is 2.68. The SMILES string of the molecule is CC(=O)CC(=O)Nc1ccc(NC(=O)CC(C)=O)cc1.COC(=O)c1ccc(C(=O)OC)c(N)c1. The fourth-order valence-electron chi connectivity index (χ4n) is 2.60. The molecule has 0 spiro atoms. The predicted octanol–water partition coefficient (Wildman–Crippen LogP) is 2.36. The molecule has 11 nitrogen and oxygen atoms in total. The lowest BCUT2D eigenvalue weighted by Gasteiger charge is -2.07. The topological polar surface area (TPSA) is 171 Å². The molecule has 0 unspecified atom stereocenters. The van der Waals surface area contributed by atoms with Crippen molar-refractivity contribution in [3.8, 4) is 0 Å². The van der Waals surface area contributed by atoms with Crippen molar-refractivity contribution >= 4 is 52.4 Å². The highest BCUT2D eigenvalue weighted by molar-refractivity contribution is 6.05. The minimum atomic E-state index is -0.538. The molecule has 0 aliphatic carbocycles. The first-order valence-corrected chi connectivity index (χ1v) is 10.2. The summed E-state index contributed by atoms with van der Waals surface area (Å²) in [6, 6.07) is 10.6. The summed E-state index contributed by atoms with van der Waals surface area (Å²) < 4.78 is 9.02. The number of amides is 2. The Labute approximate surface area is 202 Å². The fourth-order valence-corrected chi connectivity index (χ4v) is 2.60. The third-order valence-corrected chi connectivity index (χ3v) is 4.15. The van der Waals surface area contributed by atoms with E-state index in [1.807, 2.05) is 0 Å². The zero-order valence-electron chi connectivity index (χ0n) is 19.8. The second-order valence-corrected chi connectivity index (χ2v) is 7.22. The van der Waals surface area contributed by atoms with Crippen molar-refractivity contribution in [3.63, 3.8) is 0 Å². The first kappa shape index (κ1) is 28.5. The van der Waals surface area contributed by atoms with E-state index in [1.165, 1.54) is 46.3 Å². The molecule has 0 atom stereocenters. The lowest BCUT2D eigenvalue weighted by atomic mass is 10.1. The Morgan fingerprint density at radius 2 is 1.14 bits per heavy atom. The van der Waals surface area contributed by atoms with Crippen molar-refractivity contribution in [2.45, 2.75) is 26.7 Å². The van der Waals surface area contributed by atoms with E-state index in [0.29, 0.717) is 16.9 Å². The highest BCUT2D eigenvalue weighted by Gasteiger charge is 2.13. The van der Waals surface area contributed by atoms with E-state index in [0.717, 1.165) is 0 Å². The van der Waals surface area contributed by atoms with Gasteiger partial charge in [0.05, 0.1) is 38.2 Å². The summed E-state index contributed by atoms with van der Waals surface area (Å²) in [5, 5.41) is 5.12. The fraction of sp³-hybridized carbons (Fsp3) is 0.250. The number of benzene rings is 2. The Morgan fingerprint density at radius 1 is 0.714 bits per heavy atom. The molecule has 0 aromatic heterocycles. The summed E-state index contributed by atoms with van der Waals surface area (Å²) in [4.78, 5) is 66.6. The Hall–Kier alpha value is -4.54. The molecule has 2 rings (SSSR count). The molecule has 35 heavy (non-hydrogen) atoms. The number of carbonyl (C=O) groups is 6. The molecule has 11 heteroatoms. The number of anilines is 3. The highest BCUT2D eigenvalue weighted by atomic mass is 16.5. The van der Waals surface area contributed by atoms with Gasteiger partial charge in [-0.05, 0) is 56.3 Å². The number of nitrogen functional groups attached to an aromatic ring is 1. The van der Waals surface area contributed by atoms with Crippen molar-refractivity contribution in [1.29, 1.82) is 0 Å². The molecule has 2 amide bonds. The van der Waals surface area contributed by atoms with Gasteiger partial charge in [0.2, 0.25) is 11.8 Å². The van der Waals surface area contributed by atoms with Crippen LogP contribution in [0.5, 0.6) is 0 Å². The van der Waals surface area contributed by atoms with Gasteiger partial charge in [-0.3, -0.25) is 19.2 Å². The van der Waals surface area contributed by atoms with E-state index in [4.69, 9.17) is 5.73 Å². The Kier molecular flexibility index (Phi) is 11.3. The molecule has 0 fully saturated rings. The molecule has 0 radical (unpaired) electrons. The normalized spacial score (nSPS) is 9.60. The number of hydrogen-bond donors (Lipinski definition) is 3. The number of ether oxygens (including phenoxy) is 2. The van der Waals surface area contributed by atoms with E-state index in [1.54, 1.807) is 24.3 Å². The van der Waals surface area contributed by atoms with E-state index < -0.39 is 11.9 Å². The van der Waals surface area contributed by atoms with Crippen LogP contribution >= 0.6 is 0 Å². The number of hydrogen-bond acceptors (Lipinski definition) is 9. The number of nitrogens with two attached hydrogens (primary N) is 1. The van der Waals surface area contributed by atoms with Crippen molar-refractivity contribution in [2.24, 2.45) is 0 Å². The minimum Gasteiger partial charge on any atom is -0.465 e. The van der Waals surface area contributed by atoms with E-state index >= 15 is 0 Å². The summed E-state index contributed by atoms with van der Waals surface area (Å²) >= 11 is 0. The number of rotatable bonds is 8. The van der Waals surface area contributed by atoms with Crippen LogP contribution in [-0.4, -0.2) is 49.5 Å². The molecule has 0 saturated heterocycles. The maximum absolute atomic E-state index is 11.4. The smallest absolute Gasteiger partial charge is 0.339 e. The van der Waals surface area contributed by atoms with Crippen LogP contribution in [0.4, 0.5) is 17.1 Å². The van der Waals surface area contributed by atoms with Gasteiger partial charge in [0.15, 0.2) is 0 Å². The van der Waals surface area contributed by atoms with Crippen LogP contribution < -0.4 is 16.4 Å². The van der Waals surface area contributed by atoms with E-state index in [9.17, 15) is 28.8 Å². The Morgan fingerprint density at radius 3 is 1.49 bits per heavy atom. The van der Waals surface area contributed by atoms with Gasteiger partial charge in [0, 0.05) is 17.1 Å². The quantitative estimate of drug-likeness (QED) is 0.288. The van der Waals surface area contributed by atoms with Gasteiger partial charge in [-0.25, -0.2) is 9.59 Å². The predicted molar refractivity (Wildman–Crippen MR) is 128 cm³/mol. The molecule has 0 saturated carbocycles. The third-order valence-electron chi connectivity index (χ3n) is 4.15. The molecule has 2 aromatic rings. The zero-order chi connectivity index (χ0) is 26.5. The van der Waals surface area contributed by atoms with Crippen LogP contribution in [0.25, 0.3) is 0 Å². The van der Waals surface area contributed by atoms with Gasteiger partial charge in [0.1, 0.15) is 11.6 Å². The molecule has 0 bridgehead atoms. The third kappa shape index (κ3) is 10.3. The second kappa shape index (κ2) is 13.9. The van der Waals surface area contributed by atoms with Crippen LogP contribution in [0.1, 0.15) is 47.4 Å². The van der Waals surface area contributed by atoms with Gasteiger partial charge in [-0.1, -0.05) is 0 Å². The van der Waals surface area contributed by atoms with E-state index in [-0.39, 0.29) is 47.5 Å². The number of carbonyl (C=O) groups excluding carboxylic acids is 6. The first-order chi connectivity index (χ1) is 16.5. The van der Waals surface area contributed by atoms with Crippen LogP contribution in [0, 0.1) is 0 Å². The van der Waals surface area contributed by atoms with Gasteiger partial charge in [0.25, 0.3) is 0 Å². The number of methoxy groups -OCH3 is 2. The molecular weight excluding hydrogens is 458 g/mol. The zero-order valence-corrected chi connectivity index (χ0v) is 19.8. The molecule has 2 aromatic carbocycles. The van der Waals surface area contributed by atoms with Crippen molar-refractivity contribution < 1.29 is 38.2 Å². The molecule has 186 valence electrons. The average Bonchev–Trinajstić information content (AvgIpc) is 2.78. The molecule has 0 aliphatic rings. The van der Waals surface area contributed by atoms with Crippen LogP contribution in [0.15, 0.2) is 42.5 Å². The van der Waals surface area contributed by atoms with Crippen molar-refractivity contribution in [3.05, 3.63) is 53.6 Å². The molecular formula is C24H27N3O8. The lowest BCUT2D eigenvalue weighted by molar-refractivity contribution is -0.125. The maximum Gasteiger partial charge on any atom is 0.339 e. The Balaban J connectivity index is 0.000000365. The summed E-state index contributed by atoms with van der Waals surface area (Å²) in [6.07, 6.45) is -0.339. The summed E-state index contributed by atoms with van der Waals surface area (Å²) in [5.74, 6) is -2.23. The molecule has 0 aliphatic heterocycles. The molecule has 4 N–H and O–H groups in total. The average molecular weight is 485 g/mol. The van der Waals surface area contributed by atoms with Crippen molar-refractivity contribution in [1.82, 2.24) is 0 Å². The van der Waals surface area contributed by atoms with E-state index in [2.05, 4.69) is 20.1 Å². The second-order valence-electron chi connectivity index (χ2n) is 7.22. The largest absolute Gasteiger partial charge is 0.465 e. The summed E-state index contributed by atoms with van der Waals surface area (Å²) in [5.41, 5.74) is 7.34. The Bertz CT molecular complexity index is 1060. The van der Waals surface area contributed by atoms with Crippen LogP contribution in [0.2, 0.25) is 0 Å². The summed E-state index contributed by atoms with van der Waals surface area (Å²) in [7, 11) is 2.53. The van der Waals surface area contributed by atoms with Crippen molar-refractivity contribution in [2.75, 3.05) is 30.6 Å². The standard InChI is InChI=1S/C14H16N2O4.C10H11NO4/c1-9(17)7-13(19)15-11-3-5-12(6-4-11)16-14(20)8-10(2)18;1-14-9(12)6-3-4-7(8(11)5-6)10(13)15-2/h3-6H,7-8H2,1-2H3,(H,15,19)(H,16,20);3-5H,11H2,1-2H3. The van der Waals surface area contributed by atoms with Gasteiger partial charge >= 0.3 is 11.9 Å². The number of nitrogens with one attached hydrogen (secondary N) is 2. The van der Waals surface area contributed by atoms with Gasteiger partial charge in [-0.15, -0.1) is 0 Å². The first-order valence-electron chi connectivity index (χ1n) is 10.2. The minimum absolute atomic E-state index is 0.170. The molecule has 0 heterocycles. The highest BCUT2D eigenvalue weighted by Crippen LogP contribution is 2.16. The number of Topliss-reactive ketones (excluding diaryl/α,β-unsaturated/α-hetero) is 2. The van der Waals surface area contributed by atoms with Gasteiger partial charge < -0.3 is 25.8 Å². The van der Waals surface area contributed by atoms with Gasteiger partial charge in [-0.2, -0.15) is 0 Å². The number of ketones is 2. The maximum atomic E-state index is 11.4. The van der Waals surface area contributed by atoms with Crippen LogP contribution in [-0.2, 0) is 28.7 Å². The number of esters is 2. The monoisotopic (exact) mass is 485 g/mol. The lowest BCUT2D eigenvalue weighted by Crippen LogP contribution is -2.16. The van der Waals surface area contributed by atoms with Crippen LogP contribution in [0.3, 0.4) is 0 Å².